The van der Waals surface area contributed by atoms with Crippen molar-refractivity contribution < 1.29 is 8.42 Å². The van der Waals surface area contributed by atoms with Crippen molar-refractivity contribution >= 4 is 15.7 Å². The van der Waals surface area contributed by atoms with Gasteiger partial charge in [0.15, 0.2) is 0 Å². The van der Waals surface area contributed by atoms with Crippen LogP contribution < -0.4 is 10.5 Å². The van der Waals surface area contributed by atoms with Crippen LogP contribution in [0.1, 0.15) is 24.8 Å². The highest BCUT2D eigenvalue weighted by atomic mass is 32.2. The normalized spacial score (nSPS) is 26.9. The highest BCUT2D eigenvalue weighted by Gasteiger charge is 2.39. The first-order valence-corrected chi connectivity index (χ1v) is 8.58. The summed E-state index contributed by atoms with van der Waals surface area (Å²) in [7, 11) is -3.46. The number of nitrogens with one attached hydrogen (secondary N) is 1. The van der Waals surface area contributed by atoms with Crippen molar-refractivity contribution in [2.45, 2.75) is 43.2 Å². The van der Waals surface area contributed by atoms with E-state index in [1.165, 1.54) is 6.42 Å². The molecule has 0 aromatic heterocycles. The Bertz CT molecular complexity index is 615. The largest absolute Gasteiger partial charge is 0.399 e. The highest BCUT2D eigenvalue weighted by molar-refractivity contribution is 7.89. The van der Waals surface area contributed by atoms with E-state index >= 15 is 0 Å². The molecule has 6 heteroatoms. The first kappa shape index (κ1) is 13.9. The molecule has 1 aromatic carbocycles. The maximum atomic E-state index is 12.5. The van der Waals surface area contributed by atoms with Crippen LogP contribution in [0.5, 0.6) is 0 Å². The van der Waals surface area contributed by atoms with Gasteiger partial charge in [-0.25, -0.2) is 13.1 Å². The minimum Gasteiger partial charge on any atom is -0.399 e. The van der Waals surface area contributed by atoms with Gasteiger partial charge < -0.3 is 5.73 Å². The molecule has 2 atom stereocenters. The van der Waals surface area contributed by atoms with Crippen molar-refractivity contribution in [1.82, 2.24) is 9.62 Å². The Morgan fingerprint density at radius 2 is 2.10 bits per heavy atom. The van der Waals surface area contributed by atoms with Gasteiger partial charge in [-0.2, -0.15) is 0 Å². The molecule has 3 rings (SSSR count). The molecule has 0 amide bonds. The third-order valence-electron chi connectivity index (χ3n) is 4.40. The van der Waals surface area contributed by atoms with Crippen LogP contribution in [0.3, 0.4) is 0 Å². The second-order valence-corrected chi connectivity index (χ2v) is 7.47. The van der Waals surface area contributed by atoms with E-state index in [9.17, 15) is 8.42 Å². The fourth-order valence-electron chi connectivity index (χ4n) is 3.46. The molecule has 20 heavy (non-hydrogen) atoms. The summed E-state index contributed by atoms with van der Waals surface area (Å²) in [6, 6.07) is 5.34. The van der Waals surface area contributed by atoms with E-state index in [4.69, 9.17) is 5.73 Å². The van der Waals surface area contributed by atoms with E-state index < -0.39 is 10.0 Å². The third-order valence-corrected chi connectivity index (χ3v) is 6.05. The van der Waals surface area contributed by atoms with Crippen LogP contribution in [0, 0.1) is 6.92 Å². The van der Waals surface area contributed by atoms with Gasteiger partial charge in [0, 0.05) is 24.3 Å². The van der Waals surface area contributed by atoms with Crippen LogP contribution in [0.15, 0.2) is 23.1 Å². The summed E-state index contributed by atoms with van der Waals surface area (Å²) in [6.07, 6.45) is 3.16. The maximum absolute atomic E-state index is 12.5. The van der Waals surface area contributed by atoms with Crippen LogP contribution in [-0.4, -0.2) is 38.5 Å². The molecule has 0 bridgehead atoms. The zero-order chi connectivity index (χ0) is 14.3. The molecule has 0 spiro atoms. The van der Waals surface area contributed by atoms with E-state index in [1.54, 1.807) is 25.1 Å². The molecule has 0 saturated carbocycles. The molecule has 3 N–H and O–H groups in total. The van der Waals surface area contributed by atoms with E-state index in [-0.39, 0.29) is 6.04 Å². The Hall–Kier alpha value is -1.11. The molecule has 5 nitrogen and oxygen atoms in total. The second-order valence-electron chi connectivity index (χ2n) is 5.79. The topological polar surface area (TPSA) is 75.4 Å². The van der Waals surface area contributed by atoms with Crippen LogP contribution in [0.2, 0.25) is 0 Å². The molecular weight excluding hydrogens is 274 g/mol. The van der Waals surface area contributed by atoms with Crippen molar-refractivity contribution in [2.24, 2.45) is 0 Å². The molecular formula is C14H21N3O2S. The van der Waals surface area contributed by atoms with Crippen molar-refractivity contribution in [3.8, 4) is 0 Å². The monoisotopic (exact) mass is 295 g/mol. The summed E-state index contributed by atoms with van der Waals surface area (Å²) >= 11 is 0. The number of aryl methyl sites for hydroxylation is 1. The first-order chi connectivity index (χ1) is 9.47. The molecule has 2 unspecified atom stereocenters. The number of fused-ring (bicyclic) bond motifs is 1. The first-order valence-electron chi connectivity index (χ1n) is 7.10. The molecule has 1 aromatic rings. The Morgan fingerprint density at radius 3 is 2.85 bits per heavy atom. The minimum absolute atomic E-state index is 0.0412. The van der Waals surface area contributed by atoms with Gasteiger partial charge in [-0.15, -0.1) is 0 Å². The number of nitrogens with two attached hydrogens (primary N) is 1. The fourth-order valence-corrected chi connectivity index (χ4v) is 4.99. The Balaban J connectivity index is 1.82. The number of benzene rings is 1. The molecule has 2 aliphatic heterocycles. The lowest BCUT2D eigenvalue weighted by molar-refractivity contribution is 0.309. The maximum Gasteiger partial charge on any atom is 0.241 e. The molecule has 110 valence electrons. The van der Waals surface area contributed by atoms with E-state index in [1.807, 2.05) is 0 Å². The van der Waals surface area contributed by atoms with Gasteiger partial charge in [-0.1, -0.05) is 0 Å². The van der Waals surface area contributed by atoms with E-state index in [0.717, 1.165) is 25.9 Å². The van der Waals surface area contributed by atoms with Crippen LogP contribution in [0.4, 0.5) is 5.69 Å². The van der Waals surface area contributed by atoms with Crippen molar-refractivity contribution in [3.05, 3.63) is 23.8 Å². The standard InChI is InChI=1S/C14H21N3O2S/c1-10-9-11(15)4-5-14(10)20(18,19)16-12-6-8-17-7-2-3-13(12)17/h4-5,9,12-13,16H,2-3,6-8,15H2,1H3. The lowest BCUT2D eigenvalue weighted by Crippen LogP contribution is -2.42. The molecule has 2 aliphatic rings. The van der Waals surface area contributed by atoms with E-state index in [2.05, 4.69) is 9.62 Å². The molecule has 2 fully saturated rings. The summed E-state index contributed by atoms with van der Waals surface area (Å²) in [6.45, 7) is 3.88. The number of nitrogen functional groups attached to an aromatic ring is 1. The number of hydrogen-bond acceptors (Lipinski definition) is 4. The lowest BCUT2D eigenvalue weighted by Gasteiger charge is -2.21. The number of sulfonamides is 1. The van der Waals surface area contributed by atoms with Crippen molar-refractivity contribution in [3.63, 3.8) is 0 Å². The zero-order valence-corrected chi connectivity index (χ0v) is 12.5. The summed E-state index contributed by atoms with van der Waals surface area (Å²) in [5, 5.41) is 0. The van der Waals surface area contributed by atoms with Crippen LogP contribution >= 0.6 is 0 Å². The Morgan fingerprint density at radius 1 is 1.30 bits per heavy atom. The fraction of sp³-hybridized carbons (Fsp3) is 0.571. The van der Waals surface area contributed by atoms with Crippen molar-refractivity contribution in [1.29, 1.82) is 0 Å². The van der Waals surface area contributed by atoms with Gasteiger partial charge in [0.1, 0.15) is 0 Å². The average Bonchev–Trinajstić information content (AvgIpc) is 2.93. The Kier molecular flexibility index (Phi) is 3.48. The minimum atomic E-state index is -3.46. The number of anilines is 1. The predicted octanol–water partition coefficient (Wildman–Crippen LogP) is 1.09. The number of rotatable bonds is 3. The van der Waals surface area contributed by atoms with Gasteiger partial charge in [0.25, 0.3) is 0 Å². The molecule has 2 heterocycles. The van der Waals surface area contributed by atoms with Gasteiger partial charge >= 0.3 is 0 Å². The van der Waals surface area contributed by atoms with Crippen molar-refractivity contribution in [2.75, 3.05) is 18.8 Å². The molecule has 0 aliphatic carbocycles. The quantitative estimate of drug-likeness (QED) is 0.819. The summed E-state index contributed by atoms with van der Waals surface area (Å²) < 4.78 is 28.0. The lowest BCUT2D eigenvalue weighted by atomic mass is 10.1. The van der Waals surface area contributed by atoms with Crippen LogP contribution in [-0.2, 0) is 10.0 Å². The third kappa shape index (κ3) is 2.43. The van der Waals surface area contributed by atoms with Gasteiger partial charge in [-0.3, -0.25) is 4.90 Å². The molecule has 0 radical (unpaired) electrons. The Labute approximate surface area is 120 Å². The van der Waals surface area contributed by atoms with Gasteiger partial charge in [0.2, 0.25) is 10.0 Å². The average molecular weight is 295 g/mol. The van der Waals surface area contributed by atoms with Gasteiger partial charge in [-0.05, 0) is 56.5 Å². The summed E-state index contributed by atoms with van der Waals surface area (Å²) in [5.74, 6) is 0. The van der Waals surface area contributed by atoms with Crippen LogP contribution in [0.25, 0.3) is 0 Å². The number of nitrogens with zero attached hydrogens (tertiary/aromatic N) is 1. The van der Waals surface area contributed by atoms with E-state index in [0.29, 0.717) is 22.2 Å². The SMILES string of the molecule is Cc1cc(N)ccc1S(=O)(=O)NC1CCN2CCCC12. The predicted molar refractivity (Wildman–Crippen MR) is 78.9 cm³/mol. The zero-order valence-electron chi connectivity index (χ0n) is 11.7. The second kappa shape index (κ2) is 5.02. The summed E-state index contributed by atoms with van der Waals surface area (Å²) in [4.78, 5) is 2.73. The summed E-state index contributed by atoms with van der Waals surface area (Å²) in [5.41, 5.74) is 6.96. The highest BCUT2D eigenvalue weighted by Crippen LogP contribution is 2.29. The van der Waals surface area contributed by atoms with Gasteiger partial charge in [0.05, 0.1) is 4.90 Å². The molecule has 2 saturated heterocycles. The number of hydrogen-bond donors (Lipinski definition) is 2. The smallest absolute Gasteiger partial charge is 0.241 e.